The van der Waals surface area contributed by atoms with Gasteiger partial charge in [0.25, 0.3) is 0 Å². The summed E-state index contributed by atoms with van der Waals surface area (Å²) in [6, 6.07) is 13.9. The zero-order valence-corrected chi connectivity index (χ0v) is 12.8. The lowest BCUT2D eigenvalue weighted by Gasteiger charge is -2.10. The summed E-state index contributed by atoms with van der Waals surface area (Å²) >= 11 is 1.59. The number of hydrogen-bond acceptors (Lipinski definition) is 4. The van der Waals surface area contributed by atoms with Crippen molar-refractivity contribution in [3.05, 3.63) is 48.0 Å². The topological polar surface area (TPSA) is 63.9 Å². The minimum Gasteiger partial charge on any atom is -0.497 e. The standard InChI is InChI=1S/C16H17N3OS/c1-10(17)12-5-3-4-6-15(12)21-16-18-13-8-7-11(20-2)9-14(13)19-16/h3-10H,17H2,1-2H3,(H,18,19)/t10-/m0/s1. The summed E-state index contributed by atoms with van der Waals surface area (Å²) in [6.45, 7) is 1.99. The quantitative estimate of drug-likeness (QED) is 0.770. The van der Waals surface area contributed by atoms with Crippen molar-refractivity contribution in [2.75, 3.05) is 7.11 Å². The highest BCUT2D eigenvalue weighted by Crippen LogP contribution is 2.32. The highest BCUT2D eigenvalue weighted by atomic mass is 32.2. The van der Waals surface area contributed by atoms with Gasteiger partial charge in [0.05, 0.1) is 18.1 Å². The van der Waals surface area contributed by atoms with Crippen LogP contribution < -0.4 is 10.5 Å². The number of methoxy groups -OCH3 is 1. The maximum Gasteiger partial charge on any atom is 0.171 e. The average Bonchev–Trinajstić information content (AvgIpc) is 2.88. The molecule has 1 atom stereocenters. The van der Waals surface area contributed by atoms with Crippen LogP contribution >= 0.6 is 11.8 Å². The van der Waals surface area contributed by atoms with Gasteiger partial charge in [0.15, 0.2) is 5.16 Å². The van der Waals surface area contributed by atoms with E-state index in [0.717, 1.165) is 32.4 Å². The number of aromatic amines is 1. The largest absolute Gasteiger partial charge is 0.497 e. The number of H-pyrrole nitrogens is 1. The van der Waals surface area contributed by atoms with E-state index in [-0.39, 0.29) is 6.04 Å². The Morgan fingerprint density at radius 1 is 1.24 bits per heavy atom. The lowest BCUT2D eigenvalue weighted by atomic mass is 10.1. The Morgan fingerprint density at radius 2 is 2.05 bits per heavy atom. The van der Waals surface area contributed by atoms with Gasteiger partial charge in [-0.3, -0.25) is 0 Å². The van der Waals surface area contributed by atoms with Gasteiger partial charge >= 0.3 is 0 Å². The molecule has 0 aliphatic carbocycles. The van der Waals surface area contributed by atoms with Crippen LogP contribution in [-0.2, 0) is 0 Å². The van der Waals surface area contributed by atoms with Gasteiger partial charge in [0.2, 0.25) is 0 Å². The van der Waals surface area contributed by atoms with Crippen molar-refractivity contribution in [3.63, 3.8) is 0 Å². The molecule has 3 aromatic rings. The van der Waals surface area contributed by atoms with Crippen LogP contribution in [0.25, 0.3) is 11.0 Å². The Kier molecular flexibility index (Phi) is 3.86. The summed E-state index contributed by atoms with van der Waals surface area (Å²) < 4.78 is 5.23. The molecule has 0 saturated carbocycles. The number of aromatic nitrogens is 2. The predicted octanol–water partition coefficient (Wildman–Crippen LogP) is 3.74. The molecule has 3 rings (SSSR count). The minimum absolute atomic E-state index is 0.00169. The van der Waals surface area contributed by atoms with Crippen molar-refractivity contribution in [2.24, 2.45) is 5.73 Å². The van der Waals surface area contributed by atoms with Gasteiger partial charge in [0, 0.05) is 17.0 Å². The number of ether oxygens (including phenoxy) is 1. The molecule has 4 nitrogen and oxygen atoms in total. The fourth-order valence-electron chi connectivity index (χ4n) is 2.19. The van der Waals surface area contributed by atoms with E-state index in [0.29, 0.717) is 0 Å². The number of imidazole rings is 1. The van der Waals surface area contributed by atoms with Crippen LogP contribution in [0.5, 0.6) is 5.75 Å². The third-order valence-electron chi connectivity index (χ3n) is 3.28. The molecule has 1 aromatic heterocycles. The number of nitrogens with two attached hydrogens (primary N) is 1. The van der Waals surface area contributed by atoms with Crippen molar-refractivity contribution in [2.45, 2.75) is 23.0 Å². The number of nitrogens with zero attached hydrogens (tertiary/aromatic N) is 1. The Morgan fingerprint density at radius 3 is 2.81 bits per heavy atom. The lowest BCUT2D eigenvalue weighted by Crippen LogP contribution is -2.06. The molecule has 0 spiro atoms. The maximum absolute atomic E-state index is 6.02. The summed E-state index contributed by atoms with van der Waals surface area (Å²) in [4.78, 5) is 9.03. The van der Waals surface area contributed by atoms with Crippen molar-refractivity contribution >= 4 is 22.8 Å². The zero-order valence-electron chi connectivity index (χ0n) is 12.0. The summed E-state index contributed by atoms with van der Waals surface area (Å²) in [5.41, 5.74) is 9.04. The van der Waals surface area contributed by atoms with Crippen molar-refractivity contribution in [1.82, 2.24) is 9.97 Å². The first-order valence-electron chi connectivity index (χ1n) is 6.73. The van der Waals surface area contributed by atoms with Crippen LogP contribution in [0.3, 0.4) is 0 Å². The number of hydrogen-bond donors (Lipinski definition) is 2. The smallest absolute Gasteiger partial charge is 0.171 e. The summed E-state index contributed by atoms with van der Waals surface area (Å²) in [5, 5.41) is 0.853. The van der Waals surface area contributed by atoms with Crippen LogP contribution in [0.1, 0.15) is 18.5 Å². The molecular weight excluding hydrogens is 282 g/mol. The molecule has 0 amide bonds. The van der Waals surface area contributed by atoms with Crippen LogP contribution in [0, 0.1) is 0 Å². The van der Waals surface area contributed by atoms with Gasteiger partial charge < -0.3 is 15.5 Å². The number of nitrogens with one attached hydrogen (secondary N) is 1. The van der Waals surface area contributed by atoms with Crippen molar-refractivity contribution in [3.8, 4) is 5.75 Å². The highest BCUT2D eigenvalue weighted by Gasteiger charge is 2.10. The van der Waals surface area contributed by atoms with Crippen molar-refractivity contribution < 1.29 is 4.74 Å². The summed E-state index contributed by atoms with van der Waals surface area (Å²) in [5.74, 6) is 0.818. The van der Waals surface area contributed by atoms with Crippen LogP contribution in [-0.4, -0.2) is 17.1 Å². The Hall–Kier alpha value is -1.98. The van der Waals surface area contributed by atoms with E-state index in [2.05, 4.69) is 22.1 Å². The average molecular weight is 299 g/mol. The molecule has 0 saturated heterocycles. The van der Waals surface area contributed by atoms with E-state index in [1.165, 1.54) is 0 Å². The maximum atomic E-state index is 6.02. The molecule has 1 heterocycles. The second-order valence-electron chi connectivity index (χ2n) is 4.85. The van der Waals surface area contributed by atoms with Crippen molar-refractivity contribution in [1.29, 1.82) is 0 Å². The number of rotatable bonds is 4. The van der Waals surface area contributed by atoms with Gasteiger partial charge in [-0.2, -0.15) is 0 Å². The predicted molar refractivity (Wildman–Crippen MR) is 85.8 cm³/mol. The third kappa shape index (κ3) is 2.89. The van der Waals surface area contributed by atoms with Crippen LogP contribution in [0.2, 0.25) is 0 Å². The SMILES string of the molecule is COc1ccc2nc(Sc3ccccc3[C@H](C)N)[nH]c2c1. The van der Waals surface area contributed by atoms with E-state index < -0.39 is 0 Å². The molecule has 0 unspecified atom stereocenters. The van der Waals surface area contributed by atoms with E-state index in [4.69, 9.17) is 10.5 Å². The Bertz CT molecular complexity index is 767. The lowest BCUT2D eigenvalue weighted by molar-refractivity contribution is 0.415. The molecular formula is C16H17N3OS. The molecule has 21 heavy (non-hydrogen) atoms. The summed E-state index contributed by atoms with van der Waals surface area (Å²) in [7, 11) is 1.66. The van der Waals surface area contributed by atoms with Crippen LogP contribution in [0.4, 0.5) is 0 Å². The number of benzene rings is 2. The molecule has 108 valence electrons. The molecule has 5 heteroatoms. The third-order valence-corrected chi connectivity index (χ3v) is 4.26. The fraction of sp³-hybridized carbons (Fsp3) is 0.188. The first-order chi connectivity index (χ1) is 10.2. The Labute approximate surface area is 127 Å². The first-order valence-corrected chi connectivity index (χ1v) is 7.55. The van der Waals surface area contributed by atoms with E-state index in [9.17, 15) is 0 Å². The molecule has 3 N–H and O–H groups in total. The van der Waals surface area contributed by atoms with E-state index >= 15 is 0 Å². The van der Waals surface area contributed by atoms with Gasteiger partial charge in [-0.05, 0) is 30.7 Å². The van der Waals surface area contributed by atoms with Gasteiger partial charge in [-0.15, -0.1) is 0 Å². The molecule has 0 aliphatic rings. The monoisotopic (exact) mass is 299 g/mol. The van der Waals surface area contributed by atoms with E-state index in [1.807, 2.05) is 37.3 Å². The second kappa shape index (κ2) is 5.79. The highest BCUT2D eigenvalue weighted by molar-refractivity contribution is 7.99. The summed E-state index contributed by atoms with van der Waals surface area (Å²) in [6.07, 6.45) is 0. The molecule has 0 bridgehead atoms. The van der Waals surface area contributed by atoms with Gasteiger partial charge in [0.1, 0.15) is 5.75 Å². The normalized spacial score (nSPS) is 12.5. The van der Waals surface area contributed by atoms with Crippen LogP contribution in [0.15, 0.2) is 52.5 Å². The molecule has 0 fully saturated rings. The first kappa shape index (κ1) is 14.0. The Balaban J connectivity index is 1.95. The minimum atomic E-state index is -0.00169. The van der Waals surface area contributed by atoms with E-state index in [1.54, 1.807) is 18.9 Å². The molecule has 0 aliphatic heterocycles. The number of fused-ring (bicyclic) bond motifs is 1. The van der Waals surface area contributed by atoms with Gasteiger partial charge in [-0.25, -0.2) is 4.98 Å². The second-order valence-corrected chi connectivity index (χ2v) is 5.88. The zero-order chi connectivity index (χ0) is 14.8. The fourth-order valence-corrected chi connectivity index (χ4v) is 3.23. The molecule has 0 radical (unpaired) electrons. The van der Waals surface area contributed by atoms with Gasteiger partial charge in [-0.1, -0.05) is 30.0 Å². The molecule has 2 aromatic carbocycles.